The highest BCUT2D eigenvalue weighted by molar-refractivity contribution is 6.10. The monoisotopic (exact) mass is 231 g/mol. The Labute approximate surface area is 99.4 Å². The Bertz CT molecular complexity index is 453. The lowest BCUT2D eigenvalue weighted by Crippen LogP contribution is -2.25. The van der Waals surface area contributed by atoms with Gasteiger partial charge in [-0.1, -0.05) is 30.4 Å². The molecule has 4 heteroatoms. The molecule has 0 N–H and O–H groups in total. The van der Waals surface area contributed by atoms with Gasteiger partial charge in [0.05, 0.1) is 5.69 Å². The maximum absolute atomic E-state index is 12.0. The second kappa shape index (κ2) is 4.82. The minimum Gasteiger partial charge on any atom is -0.332 e. The predicted molar refractivity (Wildman–Crippen MR) is 62.9 cm³/mol. The SMILES string of the molecule is C/C=C/CC1C(=O)ON(c2ccccc2)C1=O. The van der Waals surface area contributed by atoms with E-state index in [1.54, 1.807) is 30.3 Å². The molecule has 4 nitrogen and oxygen atoms in total. The fourth-order valence-electron chi connectivity index (χ4n) is 1.65. The molecule has 1 fully saturated rings. The van der Waals surface area contributed by atoms with Crippen LogP contribution >= 0.6 is 0 Å². The molecule has 1 amide bonds. The molecule has 1 saturated heterocycles. The summed E-state index contributed by atoms with van der Waals surface area (Å²) in [5.74, 6) is -1.51. The molecule has 17 heavy (non-hydrogen) atoms. The van der Waals surface area contributed by atoms with E-state index in [-0.39, 0.29) is 5.91 Å². The molecule has 1 aromatic carbocycles. The Balaban J connectivity index is 2.19. The van der Waals surface area contributed by atoms with E-state index >= 15 is 0 Å². The Kier molecular flexibility index (Phi) is 3.23. The van der Waals surface area contributed by atoms with Crippen molar-refractivity contribution in [2.75, 3.05) is 5.06 Å². The molecule has 1 atom stereocenters. The number of hydroxylamine groups is 1. The average Bonchev–Trinajstić information content (AvgIpc) is 2.64. The van der Waals surface area contributed by atoms with Gasteiger partial charge in [0.25, 0.3) is 5.91 Å². The first-order chi connectivity index (χ1) is 8.24. The molecule has 0 saturated carbocycles. The normalized spacial score (nSPS) is 20.1. The summed E-state index contributed by atoms with van der Waals surface area (Å²) in [5, 5.41) is 1.07. The largest absolute Gasteiger partial charge is 0.345 e. The topological polar surface area (TPSA) is 46.6 Å². The predicted octanol–water partition coefficient (Wildman–Crippen LogP) is 2.07. The molecule has 0 bridgehead atoms. The summed E-state index contributed by atoms with van der Waals surface area (Å²) >= 11 is 0. The number of carbonyl (C=O) groups is 2. The van der Waals surface area contributed by atoms with Crippen molar-refractivity contribution in [1.82, 2.24) is 0 Å². The highest BCUT2D eigenvalue weighted by Gasteiger charge is 2.41. The van der Waals surface area contributed by atoms with Crippen LogP contribution in [0.1, 0.15) is 13.3 Å². The third-order valence-electron chi connectivity index (χ3n) is 2.56. The molecule has 0 aromatic heterocycles. The molecular formula is C13H13NO3. The second-order valence-corrected chi connectivity index (χ2v) is 3.74. The van der Waals surface area contributed by atoms with Gasteiger partial charge in [-0.2, -0.15) is 0 Å². The zero-order valence-corrected chi connectivity index (χ0v) is 9.50. The highest BCUT2D eigenvalue weighted by Crippen LogP contribution is 2.25. The molecule has 1 unspecified atom stereocenters. The maximum atomic E-state index is 12.0. The van der Waals surface area contributed by atoms with E-state index in [4.69, 9.17) is 4.84 Å². The molecular weight excluding hydrogens is 218 g/mol. The van der Waals surface area contributed by atoms with Crippen LogP contribution in [-0.4, -0.2) is 11.9 Å². The van der Waals surface area contributed by atoms with Crippen molar-refractivity contribution < 1.29 is 14.4 Å². The van der Waals surface area contributed by atoms with Gasteiger partial charge in [0, 0.05) is 0 Å². The van der Waals surface area contributed by atoms with Gasteiger partial charge in [-0.15, -0.1) is 5.06 Å². The van der Waals surface area contributed by atoms with E-state index in [9.17, 15) is 9.59 Å². The van der Waals surface area contributed by atoms with Gasteiger partial charge in [-0.05, 0) is 25.5 Å². The lowest BCUT2D eigenvalue weighted by molar-refractivity contribution is -0.142. The molecule has 0 radical (unpaired) electrons. The van der Waals surface area contributed by atoms with Gasteiger partial charge in [0.2, 0.25) is 0 Å². The molecule has 1 aromatic rings. The standard InChI is InChI=1S/C13H13NO3/c1-2-3-9-11-12(15)14(17-13(11)16)10-7-5-4-6-8-10/h2-8,11H,9H2,1H3/b3-2+. The zero-order chi connectivity index (χ0) is 12.3. The number of rotatable bonds is 3. The number of allylic oxidation sites excluding steroid dienone is 2. The van der Waals surface area contributed by atoms with E-state index in [0.717, 1.165) is 5.06 Å². The van der Waals surface area contributed by atoms with Crippen LogP contribution in [0.3, 0.4) is 0 Å². The summed E-state index contributed by atoms with van der Waals surface area (Å²) in [6.45, 7) is 1.85. The number of anilines is 1. The van der Waals surface area contributed by atoms with Crippen molar-refractivity contribution >= 4 is 17.6 Å². The molecule has 0 spiro atoms. The summed E-state index contributed by atoms with van der Waals surface area (Å²) in [6.07, 6.45) is 3.99. The van der Waals surface area contributed by atoms with Crippen molar-refractivity contribution in [3.63, 3.8) is 0 Å². The number of nitrogens with zero attached hydrogens (tertiary/aromatic N) is 1. The third-order valence-corrected chi connectivity index (χ3v) is 2.56. The first-order valence-corrected chi connectivity index (χ1v) is 5.46. The lowest BCUT2D eigenvalue weighted by Gasteiger charge is -2.12. The quantitative estimate of drug-likeness (QED) is 0.591. The number of carbonyl (C=O) groups excluding carboxylic acids is 2. The Morgan fingerprint density at radius 3 is 2.65 bits per heavy atom. The van der Waals surface area contributed by atoms with Gasteiger partial charge in [0.15, 0.2) is 0 Å². The van der Waals surface area contributed by atoms with Crippen LogP contribution in [0, 0.1) is 5.92 Å². The summed E-state index contributed by atoms with van der Waals surface area (Å²) in [7, 11) is 0. The van der Waals surface area contributed by atoms with Crippen molar-refractivity contribution in [3.05, 3.63) is 42.5 Å². The molecule has 1 aliphatic rings. The average molecular weight is 231 g/mol. The van der Waals surface area contributed by atoms with E-state index in [0.29, 0.717) is 12.1 Å². The van der Waals surface area contributed by atoms with Crippen LogP contribution in [0.15, 0.2) is 42.5 Å². The number of amides is 1. The molecule has 88 valence electrons. The fraction of sp³-hybridized carbons (Fsp3) is 0.231. The van der Waals surface area contributed by atoms with Gasteiger partial charge >= 0.3 is 5.97 Å². The Morgan fingerprint density at radius 2 is 2.00 bits per heavy atom. The Morgan fingerprint density at radius 1 is 1.29 bits per heavy atom. The van der Waals surface area contributed by atoms with E-state index < -0.39 is 11.9 Å². The van der Waals surface area contributed by atoms with Crippen LogP contribution in [0.4, 0.5) is 5.69 Å². The van der Waals surface area contributed by atoms with Gasteiger partial charge < -0.3 is 4.84 Å². The first-order valence-electron chi connectivity index (χ1n) is 5.46. The smallest absolute Gasteiger partial charge is 0.332 e. The van der Waals surface area contributed by atoms with Crippen molar-refractivity contribution in [1.29, 1.82) is 0 Å². The van der Waals surface area contributed by atoms with E-state index in [2.05, 4.69) is 0 Å². The maximum Gasteiger partial charge on any atom is 0.345 e. The lowest BCUT2D eigenvalue weighted by atomic mass is 10.1. The van der Waals surface area contributed by atoms with Crippen LogP contribution in [-0.2, 0) is 14.4 Å². The summed E-state index contributed by atoms with van der Waals surface area (Å²) in [4.78, 5) is 28.5. The number of benzene rings is 1. The molecule has 2 rings (SSSR count). The third kappa shape index (κ3) is 2.20. The van der Waals surface area contributed by atoms with Crippen LogP contribution < -0.4 is 5.06 Å². The fourth-order valence-corrected chi connectivity index (χ4v) is 1.65. The Hall–Kier alpha value is -2.10. The van der Waals surface area contributed by atoms with E-state index in [1.165, 1.54) is 0 Å². The van der Waals surface area contributed by atoms with Gasteiger partial charge in [0.1, 0.15) is 5.92 Å². The second-order valence-electron chi connectivity index (χ2n) is 3.74. The van der Waals surface area contributed by atoms with Crippen LogP contribution in [0.25, 0.3) is 0 Å². The minimum absolute atomic E-state index is 0.306. The van der Waals surface area contributed by atoms with Crippen molar-refractivity contribution in [3.8, 4) is 0 Å². The van der Waals surface area contributed by atoms with Crippen LogP contribution in [0.5, 0.6) is 0 Å². The minimum atomic E-state index is -0.716. The molecule has 1 aliphatic heterocycles. The summed E-state index contributed by atoms with van der Waals surface area (Å²) in [5.41, 5.74) is 0.578. The first kappa shape index (κ1) is 11.4. The summed E-state index contributed by atoms with van der Waals surface area (Å²) in [6, 6.07) is 8.86. The zero-order valence-electron chi connectivity index (χ0n) is 9.50. The van der Waals surface area contributed by atoms with Gasteiger partial charge in [-0.3, -0.25) is 4.79 Å². The summed E-state index contributed by atoms with van der Waals surface area (Å²) < 4.78 is 0. The van der Waals surface area contributed by atoms with Gasteiger partial charge in [-0.25, -0.2) is 4.79 Å². The number of para-hydroxylation sites is 1. The van der Waals surface area contributed by atoms with Crippen LogP contribution in [0.2, 0.25) is 0 Å². The molecule has 1 heterocycles. The highest BCUT2D eigenvalue weighted by atomic mass is 16.7. The number of hydrogen-bond acceptors (Lipinski definition) is 3. The number of hydrogen-bond donors (Lipinski definition) is 0. The van der Waals surface area contributed by atoms with Crippen molar-refractivity contribution in [2.45, 2.75) is 13.3 Å². The molecule has 0 aliphatic carbocycles. The van der Waals surface area contributed by atoms with E-state index in [1.807, 2.05) is 19.1 Å². The van der Waals surface area contributed by atoms with Crippen molar-refractivity contribution in [2.24, 2.45) is 5.92 Å².